The van der Waals surface area contributed by atoms with Crippen LogP contribution in [0.25, 0.3) is 6.08 Å². The Hall–Kier alpha value is -2.83. The second-order valence-corrected chi connectivity index (χ2v) is 6.06. The number of aromatic hydroxyl groups is 1. The second-order valence-electron chi connectivity index (χ2n) is 6.06. The SMILES string of the molecule is COc1cc(/C=C2\C(=O)NC(=O)N(C(C)(C)C)C2=O)ccc1O. The van der Waals surface area contributed by atoms with Crippen molar-refractivity contribution in [3.8, 4) is 11.5 Å². The monoisotopic (exact) mass is 318 g/mol. The summed E-state index contributed by atoms with van der Waals surface area (Å²) in [6, 6.07) is 3.67. The van der Waals surface area contributed by atoms with Gasteiger partial charge in [0.1, 0.15) is 5.57 Å². The van der Waals surface area contributed by atoms with E-state index in [1.807, 2.05) is 0 Å². The maximum absolute atomic E-state index is 12.5. The molecule has 4 amide bonds. The highest BCUT2D eigenvalue weighted by Crippen LogP contribution is 2.28. The lowest BCUT2D eigenvalue weighted by atomic mass is 10.0. The minimum atomic E-state index is -0.770. The second kappa shape index (κ2) is 5.75. The molecule has 0 atom stereocenters. The molecule has 1 saturated heterocycles. The van der Waals surface area contributed by atoms with Gasteiger partial charge < -0.3 is 9.84 Å². The Bertz CT molecular complexity index is 716. The normalized spacial score (nSPS) is 17.5. The van der Waals surface area contributed by atoms with E-state index in [0.717, 1.165) is 4.90 Å². The summed E-state index contributed by atoms with van der Waals surface area (Å²) in [6.07, 6.45) is 1.35. The number of hydrogen-bond acceptors (Lipinski definition) is 5. The summed E-state index contributed by atoms with van der Waals surface area (Å²) in [5.41, 5.74) is -0.443. The first-order valence-corrected chi connectivity index (χ1v) is 6.93. The summed E-state index contributed by atoms with van der Waals surface area (Å²) in [6.45, 7) is 5.09. The van der Waals surface area contributed by atoms with Crippen LogP contribution in [-0.2, 0) is 9.59 Å². The summed E-state index contributed by atoms with van der Waals surface area (Å²) in [4.78, 5) is 37.4. The van der Waals surface area contributed by atoms with Crippen molar-refractivity contribution in [1.29, 1.82) is 0 Å². The van der Waals surface area contributed by atoms with Gasteiger partial charge in [0, 0.05) is 5.54 Å². The summed E-state index contributed by atoms with van der Waals surface area (Å²) >= 11 is 0. The average molecular weight is 318 g/mol. The number of rotatable bonds is 2. The highest BCUT2D eigenvalue weighted by Gasteiger charge is 2.41. The maximum Gasteiger partial charge on any atom is 0.331 e. The number of nitrogens with one attached hydrogen (secondary N) is 1. The van der Waals surface area contributed by atoms with Crippen molar-refractivity contribution in [1.82, 2.24) is 10.2 Å². The topological polar surface area (TPSA) is 95.9 Å². The van der Waals surface area contributed by atoms with Crippen LogP contribution in [0.4, 0.5) is 4.79 Å². The van der Waals surface area contributed by atoms with Crippen LogP contribution in [0, 0.1) is 0 Å². The number of phenolic OH excluding ortho intramolecular Hbond substituents is 1. The maximum atomic E-state index is 12.5. The summed E-state index contributed by atoms with van der Waals surface area (Å²) in [5, 5.41) is 11.7. The van der Waals surface area contributed by atoms with Crippen molar-refractivity contribution in [3.63, 3.8) is 0 Å². The summed E-state index contributed by atoms with van der Waals surface area (Å²) in [5.74, 6) is -1.27. The van der Waals surface area contributed by atoms with Crippen molar-refractivity contribution < 1.29 is 24.2 Å². The van der Waals surface area contributed by atoms with Gasteiger partial charge in [-0.1, -0.05) is 6.07 Å². The fourth-order valence-electron chi connectivity index (χ4n) is 2.22. The van der Waals surface area contributed by atoms with Crippen LogP contribution in [0.5, 0.6) is 11.5 Å². The zero-order valence-corrected chi connectivity index (χ0v) is 13.3. The largest absolute Gasteiger partial charge is 0.504 e. The fraction of sp³-hybridized carbons (Fsp3) is 0.312. The van der Waals surface area contributed by atoms with Crippen molar-refractivity contribution >= 4 is 23.9 Å². The molecule has 23 heavy (non-hydrogen) atoms. The smallest absolute Gasteiger partial charge is 0.331 e. The Labute approximate surface area is 133 Å². The van der Waals surface area contributed by atoms with Gasteiger partial charge >= 0.3 is 6.03 Å². The van der Waals surface area contributed by atoms with E-state index in [9.17, 15) is 19.5 Å². The molecule has 0 saturated carbocycles. The fourth-order valence-corrected chi connectivity index (χ4v) is 2.22. The molecule has 0 radical (unpaired) electrons. The Kier molecular flexibility index (Phi) is 4.14. The van der Waals surface area contributed by atoms with Gasteiger partial charge in [0.15, 0.2) is 11.5 Å². The molecule has 1 aromatic rings. The number of urea groups is 1. The van der Waals surface area contributed by atoms with E-state index >= 15 is 0 Å². The standard InChI is InChI=1S/C16H18N2O5/c1-16(2,3)18-14(21)10(13(20)17-15(18)22)7-9-5-6-11(19)12(8-9)23-4/h5-8,19H,1-4H3,(H,17,20,22)/b10-7+. The van der Waals surface area contributed by atoms with Gasteiger partial charge in [-0.05, 0) is 44.5 Å². The predicted molar refractivity (Wildman–Crippen MR) is 82.8 cm³/mol. The van der Waals surface area contributed by atoms with Gasteiger partial charge in [-0.15, -0.1) is 0 Å². The molecule has 0 aliphatic carbocycles. The molecule has 0 spiro atoms. The first kappa shape index (κ1) is 16.5. The van der Waals surface area contributed by atoms with E-state index in [4.69, 9.17) is 4.74 Å². The average Bonchev–Trinajstić information content (AvgIpc) is 2.43. The number of methoxy groups -OCH3 is 1. The molecule has 1 aliphatic rings. The van der Waals surface area contributed by atoms with Crippen molar-refractivity contribution in [3.05, 3.63) is 29.3 Å². The molecule has 1 fully saturated rings. The number of nitrogens with zero attached hydrogens (tertiary/aromatic N) is 1. The molecule has 1 aliphatic heterocycles. The molecule has 0 unspecified atom stereocenters. The molecule has 2 rings (SSSR count). The minimum Gasteiger partial charge on any atom is -0.504 e. The van der Waals surface area contributed by atoms with Gasteiger partial charge in [-0.25, -0.2) is 4.79 Å². The van der Waals surface area contributed by atoms with Crippen LogP contribution in [0.3, 0.4) is 0 Å². The molecule has 0 bridgehead atoms. The van der Waals surface area contributed by atoms with Crippen LogP contribution in [-0.4, -0.2) is 40.5 Å². The van der Waals surface area contributed by atoms with Crippen molar-refractivity contribution in [2.24, 2.45) is 0 Å². The lowest BCUT2D eigenvalue weighted by Crippen LogP contribution is -2.60. The third kappa shape index (κ3) is 3.18. The molecule has 1 heterocycles. The van der Waals surface area contributed by atoms with Crippen LogP contribution in [0.2, 0.25) is 0 Å². The van der Waals surface area contributed by atoms with E-state index < -0.39 is 23.4 Å². The predicted octanol–water partition coefficient (Wildman–Crippen LogP) is 1.66. The van der Waals surface area contributed by atoms with E-state index in [1.165, 1.54) is 31.4 Å². The van der Waals surface area contributed by atoms with Crippen LogP contribution >= 0.6 is 0 Å². The molecular formula is C16H18N2O5. The zero-order chi connectivity index (χ0) is 17.4. The van der Waals surface area contributed by atoms with Gasteiger partial charge in [-0.2, -0.15) is 0 Å². The lowest BCUT2D eigenvalue weighted by Gasteiger charge is -2.36. The lowest BCUT2D eigenvalue weighted by molar-refractivity contribution is -0.133. The van der Waals surface area contributed by atoms with E-state index in [-0.39, 0.29) is 17.1 Å². The Balaban J connectivity index is 2.46. The van der Waals surface area contributed by atoms with Crippen molar-refractivity contribution in [2.45, 2.75) is 26.3 Å². The third-order valence-electron chi connectivity index (χ3n) is 3.29. The van der Waals surface area contributed by atoms with Crippen LogP contribution < -0.4 is 10.1 Å². The highest BCUT2D eigenvalue weighted by molar-refractivity contribution is 6.31. The number of benzene rings is 1. The van der Waals surface area contributed by atoms with Crippen LogP contribution in [0.15, 0.2) is 23.8 Å². The molecule has 0 aromatic heterocycles. The van der Waals surface area contributed by atoms with E-state index in [0.29, 0.717) is 5.56 Å². The Morgan fingerprint density at radius 2 is 1.87 bits per heavy atom. The van der Waals surface area contributed by atoms with Gasteiger partial charge in [0.2, 0.25) is 0 Å². The summed E-state index contributed by atoms with van der Waals surface area (Å²) in [7, 11) is 1.39. The molecule has 7 heteroatoms. The quantitative estimate of drug-likeness (QED) is 0.638. The first-order chi connectivity index (χ1) is 10.6. The number of carbonyl (C=O) groups is 3. The number of imide groups is 2. The molecular weight excluding hydrogens is 300 g/mol. The highest BCUT2D eigenvalue weighted by atomic mass is 16.5. The number of amides is 4. The number of phenols is 1. The number of hydrogen-bond donors (Lipinski definition) is 2. The van der Waals surface area contributed by atoms with Gasteiger partial charge in [-0.3, -0.25) is 19.8 Å². The van der Waals surface area contributed by atoms with Crippen LogP contribution in [0.1, 0.15) is 26.3 Å². The van der Waals surface area contributed by atoms with E-state index in [1.54, 1.807) is 20.8 Å². The number of carbonyl (C=O) groups excluding carboxylic acids is 3. The zero-order valence-electron chi connectivity index (χ0n) is 13.3. The molecule has 2 N–H and O–H groups in total. The molecule has 7 nitrogen and oxygen atoms in total. The summed E-state index contributed by atoms with van der Waals surface area (Å²) < 4.78 is 4.99. The molecule has 122 valence electrons. The Morgan fingerprint density at radius 1 is 1.22 bits per heavy atom. The van der Waals surface area contributed by atoms with Gasteiger partial charge in [0.05, 0.1) is 7.11 Å². The van der Waals surface area contributed by atoms with Crippen molar-refractivity contribution in [2.75, 3.05) is 7.11 Å². The molecule has 1 aromatic carbocycles. The van der Waals surface area contributed by atoms with E-state index in [2.05, 4.69) is 5.32 Å². The number of barbiturate groups is 1. The third-order valence-corrected chi connectivity index (χ3v) is 3.29. The Morgan fingerprint density at radius 3 is 2.43 bits per heavy atom. The van der Waals surface area contributed by atoms with Gasteiger partial charge in [0.25, 0.3) is 11.8 Å². The minimum absolute atomic E-state index is 0.0550. The first-order valence-electron chi connectivity index (χ1n) is 6.93. The number of ether oxygens (including phenoxy) is 1.